The summed E-state index contributed by atoms with van der Waals surface area (Å²) < 4.78 is 11.3. The van der Waals surface area contributed by atoms with Crippen molar-refractivity contribution in [1.82, 2.24) is 10.2 Å². The number of piperidine rings is 1. The molecule has 0 aliphatic carbocycles. The maximum Gasteiger partial charge on any atom is 0.317 e. The topological polar surface area (TPSA) is 50.8 Å². The minimum atomic E-state index is -0.0171. The highest BCUT2D eigenvalue weighted by atomic mass is 16.5. The summed E-state index contributed by atoms with van der Waals surface area (Å²) in [7, 11) is 1.73. The van der Waals surface area contributed by atoms with Crippen LogP contribution in [0.5, 0.6) is 5.75 Å². The second-order valence-corrected chi connectivity index (χ2v) is 6.02. The molecule has 0 saturated carbocycles. The summed E-state index contributed by atoms with van der Waals surface area (Å²) in [5, 5.41) is 3.00. The summed E-state index contributed by atoms with van der Waals surface area (Å²) in [6.45, 7) is 6.12. The molecule has 2 rings (SSSR count). The van der Waals surface area contributed by atoms with Crippen molar-refractivity contribution >= 4 is 6.03 Å². The van der Waals surface area contributed by atoms with E-state index in [0.717, 1.165) is 43.7 Å². The van der Waals surface area contributed by atoms with Crippen LogP contribution >= 0.6 is 0 Å². The van der Waals surface area contributed by atoms with E-state index in [0.29, 0.717) is 6.54 Å². The van der Waals surface area contributed by atoms with Crippen LogP contribution in [-0.4, -0.2) is 49.9 Å². The van der Waals surface area contributed by atoms with E-state index in [1.807, 2.05) is 36.1 Å². The number of benzene rings is 1. The molecule has 1 heterocycles. The molecule has 1 N–H and O–H groups in total. The van der Waals surface area contributed by atoms with Crippen molar-refractivity contribution in [2.75, 3.05) is 26.7 Å². The maximum absolute atomic E-state index is 12.3. The fraction of sp³-hybridized carbons (Fsp3) is 0.611. The summed E-state index contributed by atoms with van der Waals surface area (Å²) >= 11 is 0. The maximum atomic E-state index is 12.3. The number of carbonyl (C=O) groups is 1. The Labute approximate surface area is 139 Å². The second-order valence-electron chi connectivity index (χ2n) is 6.02. The van der Waals surface area contributed by atoms with E-state index in [2.05, 4.69) is 12.2 Å². The number of hydrogen-bond donors (Lipinski definition) is 1. The lowest BCUT2D eigenvalue weighted by Gasteiger charge is -2.31. The van der Waals surface area contributed by atoms with Crippen LogP contribution in [0.2, 0.25) is 0 Å². The summed E-state index contributed by atoms with van der Waals surface area (Å²) in [4.78, 5) is 14.1. The summed E-state index contributed by atoms with van der Waals surface area (Å²) in [6, 6.07) is 7.95. The Kier molecular flexibility index (Phi) is 6.71. The molecule has 0 unspecified atom stereocenters. The lowest BCUT2D eigenvalue weighted by atomic mass is 10.1. The lowest BCUT2D eigenvalue weighted by molar-refractivity contribution is 0.0499. The van der Waals surface area contributed by atoms with Gasteiger partial charge in [0.05, 0.1) is 12.6 Å². The van der Waals surface area contributed by atoms with Gasteiger partial charge in [0.1, 0.15) is 11.9 Å². The molecule has 128 valence electrons. The van der Waals surface area contributed by atoms with Crippen LogP contribution in [0.1, 0.15) is 31.7 Å². The third-order valence-electron chi connectivity index (χ3n) is 4.39. The number of nitrogens with zero attached hydrogens (tertiary/aromatic N) is 1. The van der Waals surface area contributed by atoms with E-state index in [1.54, 1.807) is 7.11 Å². The Hall–Kier alpha value is -1.75. The van der Waals surface area contributed by atoms with Gasteiger partial charge < -0.3 is 19.7 Å². The first-order valence-electron chi connectivity index (χ1n) is 8.41. The van der Waals surface area contributed by atoms with E-state index in [9.17, 15) is 4.79 Å². The molecule has 23 heavy (non-hydrogen) atoms. The van der Waals surface area contributed by atoms with E-state index in [1.165, 1.54) is 0 Å². The van der Waals surface area contributed by atoms with E-state index in [-0.39, 0.29) is 18.2 Å². The Bertz CT molecular complexity index is 499. The molecule has 5 heteroatoms. The number of hydrogen-bond acceptors (Lipinski definition) is 3. The van der Waals surface area contributed by atoms with Gasteiger partial charge in [-0.2, -0.15) is 0 Å². The first-order valence-corrected chi connectivity index (χ1v) is 8.41. The number of methoxy groups -OCH3 is 1. The fourth-order valence-corrected chi connectivity index (χ4v) is 2.75. The van der Waals surface area contributed by atoms with Crippen molar-refractivity contribution in [3.05, 3.63) is 29.8 Å². The predicted octanol–water partition coefficient (Wildman–Crippen LogP) is 2.97. The molecule has 2 amide bonds. The van der Waals surface area contributed by atoms with Crippen LogP contribution in [0.4, 0.5) is 4.79 Å². The molecule has 1 aromatic carbocycles. The van der Waals surface area contributed by atoms with Gasteiger partial charge in [0.15, 0.2) is 0 Å². The fourth-order valence-electron chi connectivity index (χ4n) is 2.75. The smallest absolute Gasteiger partial charge is 0.317 e. The van der Waals surface area contributed by atoms with Crippen LogP contribution < -0.4 is 10.1 Å². The SMILES string of the molecule is CC[C@H](CNC(=O)N1CCC(OC)CC1)Oc1ccccc1C. The molecule has 0 spiro atoms. The van der Waals surface area contributed by atoms with Gasteiger partial charge in [0.2, 0.25) is 0 Å². The van der Waals surface area contributed by atoms with Crippen LogP contribution in [-0.2, 0) is 4.74 Å². The molecular weight excluding hydrogens is 292 g/mol. The third kappa shape index (κ3) is 5.13. The highest BCUT2D eigenvalue weighted by Crippen LogP contribution is 2.18. The summed E-state index contributed by atoms with van der Waals surface area (Å²) in [5.41, 5.74) is 1.11. The van der Waals surface area contributed by atoms with Crippen molar-refractivity contribution in [3.8, 4) is 5.75 Å². The van der Waals surface area contributed by atoms with Crippen molar-refractivity contribution in [1.29, 1.82) is 0 Å². The van der Waals surface area contributed by atoms with Gasteiger partial charge in [-0.25, -0.2) is 4.79 Å². The van der Waals surface area contributed by atoms with Crippen LogP contribution in [0, 0.1) is 6.92 Å². The standard InChI is InChI=1S/C18H28N2O3/c1-4-15(23-17-8-6-5-7-14(17)2)13-19-18(21)20-11-9-16(22-3)10-12-20/h5-8,15-16H,4,9-13H2,1-3H3,(H,19,21)/t15-/m1/s1. The van der Waals surface area contributed by atoms with Crippen molar-refractivity contribution in [3.63, 3.8) is 0 Å². The first kappa shape index (κ1) is 17.6. The highest BCUT2D eigenvalue weighted by Gasteiger charge is 2.23. The van der Waals surface area contributed by atoms with E-state index in [4.69, 9.17) is 9.47 Å². The van der Waals surface area contributed by atoms with Crippen LogP contribution in [0.25, 0.3) is 0 Å². The number of nitrogens with one attached hydrogen (secondary N) is 1. The number of likely N-dealkylation sites (tertiary alicyclic amines) is 1. The number of rotatable bonds is 6. The van der Waals surface area contributed by atoms with Gasteiger partial charge >= 0.3 is 6.03 Å². The number of ether oxygens (including phenoxy) is 2. The molecule has 1 atom stereocenters. The largest absolute Gasteiger partial charge is 0.488 e. The zero-order valence-electron chi connectivity index (χ0n) is 14.4. The Balaban J connectivity index is 1.79. The van der Waals surface area contributed by atoms with Crippen molar-refractivity contribution in [2.24, 2.45) is 0 Å². The number of para-hydroxylation sites is 1. The third-order valence-corrected chi connectivity index (χ3v) is 4.39. The Morgan fingerprint density at radius 1 is 1.35 bits per heavy atom. The number of urea groups is 1. The van der Waals surface area contributed by atoms with E-state index < -0.39 is 0 Å². The number of amides is 2. The normalized spacial score (nSPS) is 16.9. The number of aryl methyl sites for hydroxylation is 1. The summed E-state index contributed by atoms with van der Waals surface area (Å²) in [5.74, 6) is 0.884. The molecular formula is C18H28N2O3. The minimum absolute atomic E-state index is 0.00798. The van der Waals surface area contributed by atoms with Gasteiger partial charge in [0.25, 0.3) is 0 Å². The van der Waals surface area contributed by atoms with Gasteiger partial charge in [-0.1, -0.05) is 25.1 Å². The predicted molar refractivity (Wildman–Crippen MR) is 90.9 cm³/mol. The quantitative estimate of drug-likeness (QED) is 0.877. The molecule has 1 aliphatic heterocycles. The Morgan fingerprint density at radius 3 is 2.65 bits per heavy atom. The molecule has 1 aromatic rings. The second kappa shape index (κ2) is 8.77. The average Bonchev–Trinajstić information content (AvgIpc) is 2.60. The molecule has 0 radical (unpaired) electrons. The van der Waals surface area contributed by atoms with Crippen molar-refractivity contribution < 1.29 is 14.3 Å². The van der Waals surface area contributed by atoms with Gasteiger partial charge in [-0.05, 0) is 37.8 Å². The summed E-state index contributed by atoms with van der Waals surface area (Å²) in [6.07, 6.45) is 2.92. The highest BCUT2D eigenvalue weighted by molar-refractivity contribution is 5.74. The van der Waals surface area contributed by atoms with E-state index >= 15 is 0 Å². The van der Waals surface area contributed by atoms with Gasteiger partial charge in [0, 0.05) is 20.2 Å². The lowest BCUT2D eigenvalue weighted by Crippen LogP contribution is -2.48. The molecule has 5 nitrogen and oxygen atoms in total. The average molecular weight is 320 g/mol. The zero-order valence-corrected chi connectivity index (χ0v) is 14.4. The molecule has 1 aliphatic rings. The molecule has 1 saturated heterocycles. The van der Waals surface area contributed by atoms with Crippen LogP contribution in [0.15, 0.2) is 24.3 Å². The molecule has 0 aromatic heterocycles. The molecule has 1 fully saturated rings. The van der Waals surface area contributed by atoms with Gasteiger partial charge in [-0.15, -0.1) is 0 Å². The first-order chi connectivity index (χ1) is 11.1. The van der Waals surface area contributed by atoms with Crippen molar-refractivity contribution in [2.45, 2.75) is 45.3 Å². The zero-order chi connectivity index (χ0) is 16.7. The number of carbonyl (C=O) groups excluding carboxylic acids is 1. The minimum Gasteiger partial charge on any atom is -0.488 e. The van der Waals surface area contributed by atoms with Gasteiger partial charge in [-0.3, -0.25) is 0 Å². The van der Waals surface area contributed by atoms with Crippen LogP contribution in [0.3, 0.4) is 0 Å². The molecule has 0 bridgehead atoms. The Morgan fingerprint density at radius 2 is 2.04 bits per heavy atom. The monoisotopic (exact) mass is 320 g/mol.